The standard InChI is InChI=1S/C11H16NO/c1-12(13)9-5-8-11(12)10-6-3-2-4-7-10/h2-4,6-7,11,13H,5,8-9H2,1H3/q+1/t11-,12?/m0/s1. The molecule has 0 radical (unpaired) electrons. The molecule has 1 fully saturated rings. The van der Waals surface area contributed by atoms with E-state index >= 15 is 0 Å². The van der Waals surface area contributed by atoms with Crippen molar-refractivity contribution in [3.05, 3.63) is 35.9 Å². The molecule has 1 N–H and O–H groups in total. The third-order valence-corrected chi connectivity index (χ3v) is 2.94. The van der Waals surface area contributed by atoms with Crippen LogP contribution in [0.5, 0.6) is 0 Å². The van der Waals surface area contributed by atoms with E-state index in [1.54, 1.807) is 0 Å². The predicted octanol–water partition coefficient (Wildman–Crippen LogP) is 2.36. The Bertz CT molecular complexity index is 281. The van der Waals surface area contributed by atoms with E-state index in [-0.39, 0.29) is 10.7 Å². The second-order valence-electron chi connectivity index (χ2n) is 4.01. The fraction of sp³-hybridized carbons (Fsp3) is 0.455. The number of likely N-dealkylation sites (tertiary alicyclic amines) is 1. The Morgan fingerprint density at radius 3 is 2.54 bits per heavy atom. The lowest BCUT2D eigenvalue weighted by molar-refractivity contribution is -1.10. The van der Waals surface area contributed by atoms with Gasteiger partial charge in [-0.25, -0.2) is 5.21 Å². The fourth-order valence-electron chi connectivity index (χ4n) is 2.20. The normalized spacial score (nSPS) is 33.5. The van der Waals surface area contributed by atoms with Crippen LogP contribution in [0.1, 0.15) is 24.4 Å². The van der Waals surface area contributed by atoms with Crippen molar-refractivity contribution in [2.75, 3.05) is 13.6 Å². The topological polar surface area (TPSA) is 20.2 Å². The van der Waals surface area contributed by atoms with Crippen molar-refractivity contribution in [1.82, 2.24) is 0 Å². The van der Waals surface area contributed by atoms with Crippen LogP contribution in [0, 0.1) is 0 Å². The van der Waals surface area contributed by atoms with Crippen molar-refractivity contribution in [2.45, 2.75) is 18.9 Å². The van der Waals surface area contributed by atoms with Gasteiger partial charge >= 0.3 is 0 Å². The molecular weight excluding hydrogens is 162 g/mol. The van der Waals surface area contributed by atoms with E-state index in [1.165, 1.54) is 5.56 Å². The molecule has 2 atom stereocenters. The first kappa shape index (κ1) is 8.73. The average Bonchev–Trinajstić information content (AvgIpc) is 2.47. The van der Waals surface area contributed by atoms with Gasteiger partial charge in [0.25, 0.3) is 0 Å². The summed E-state index contributed by atoms with van der Waals surface area (Å²) >= 11 is 0. The Morgan fingerprint density at radius 1 is 1.31 bits per heavy atom. The van der Waals surface area contributed by atoms with Crippen molar-refractivity contribution >= 4 is 0 Å². The summed E-state index contributed by atoms with van der Waals surface area (Å²) in [5.41, 5.74) is 1.25. The number of nitrogens with zero attached hydrogens (tertiary/aromatic N) is 1. The second kappa shape index (κ2) is 3.13. The largest absolute Gasteiger partial charge is 0.217 e. The summed E-state index contributed by atoms with van der Waals surface area (Å²) in [5, 5.41) is 10.0. The maximum absolute atomic E-state index is 10.0. The zero-order chi connectivity index (χ0) is 9.31. The Balaban J connectivity index is 2.27. The number of hydrogen-bond acceptors (Lipinski definition) is 1. The number of hydrogen-bond donors (Lipinski definition) is 1. The summed E-state index contributed by atoms with van der Waals surface area (Å²) in [6.45, 7) is 0.875. The minimum atomic E-state index is 0.157. The van der Waals surface area contributed by atoms with Crippen LogP contribution >= 0.6 is 0 Å². The van der Waals surface area contributed by atoms with Gasteiger partial charge in [0.2, 0.25) is 0 Å². The molecule has 0 bridgehead atoms. The molecule has 1 aliphatic heterocycles. The number of benzene rings is 1. The van der Waals surface area contributed by atoms with E-state index in [0.717, 1.165) is 19.4 Å². The van der Waals surface area contributed by atoms with Crippen LogP contribution in [0.25, 0.3) is 0 Å². The molecule has 2 heteroatoms. The van der Waals surface area contributed by atoms with E-state index in [9.17, 15) is 5.21 Å². The van der Waals surface area contributed by atoms with E-state index in [0.29, 0.717) is 0 Å². The zero-order valence-electron chi connectivity index (χ0n) is 7.98. The lowest BCUT2D eigenvalue weighted by atomic mass is 10.1. The lowest BCUT2D eigenvalue weighted by Gasteiger charge is -2.27. The van der Waals surface area contributed by atoms with Gasteiger partial charge in [-0.15, -0.1) is 0 Å². The molecule has 2 nitrogen and oxygen atoms in total. The summed E-state index contributed by atoms with van der Waals surface area (Å²) in [4.78, 5) is 0. The van der Waals surface area contributed by atoms with E-state index in [1.807, 2.05) is 25.2 Å². The molecule has 1 unspecified atom stereocenters. The first-order valence-corrected chi connectivity index (χ1v) is 4.83. The van der Waals surface area contributed by atoms with E-state index in [4.69, 9.17) is 0 Å². The monoisotopic (exact) mass is 178 g/mol. The lowest BCUT2D eigenvalue weighted by Crippen LogP contribution is -2.39. The van der Waals surface area contributed by atoms with Gasteiger partial charge in [0.15, 0.2) is 0 Å². The highest BCUT2D eigenvalue weighted by molar-refractivity contribution is 5.17. The fourth-order valence-corrected chi connectivity index (χ4v) is 2.20. The first-order chi connectivity index (χ1) is 6.20. The molecule has 0 aliphatic carbocycles. The third kappa shape index (κ3) is 1.60. The number of rotatable bonds is 1. The molecule has 0 spiro atoms. The van der Waals surface area contributed by atoms with Gasteiger partial charge in [0.05, 0.1) is 7.05 Å². The van der Waals surface area contributed by atoms with Gasteiger partial charge in [-0.05, 0) is 0 Å². The third-order valence-electron chi connectivity index (χ3n) is 2.94. The smallest absolute Gasteiger partial charge is 0.144 e. The Kier molecular flexibility index (Phi) is 2.10. The second-order valence-corrected chi connectivity index (χ2v) is 4.01. The first-order valence-electron chi connectivity index (χ1n) is 4.83. The molecule has 0 saturated carbocycles. The minimum absolute atomic E-state index is 0.157. The van der Waals surface area contributed by atoms with E-state index < -0.39 is 0 Å². The molecule has 1 aromatic carbocycles. The maximum Gasteiger partial charge on any atom is 0.144 e. The molecule has 1 aromatic rings. The van der Waals surface area contributed by atoms with Gasteiger partial charge in [-0.1, -0.05) is 30.3 Å². The summed E-state index contributed by atoms with van der Waals surface area (Å²) < 4.78 is 0.157. The van der Waals surface area contributed by atoms with Crippen molar-refractivity contribution in [2.24, 2.45) is 0 Å². The van der Waals surface area contributed by atoms with Gasteiger partial charge in [-0.3, -0.25) is 0 Å². The van der Waals surface area contributed by atoms with E-state index in [2.05, 4.69) is 12.1 Å². The molecule has 1 heterocycles. The van der Waals surface area contributed by atoms with Crippen LogP contribution < -0.4 is 0 Å². The molecular formula is C11H16NO+. The summed E-state index contributed by atoms with van der Waals surface area (Å²) in [5.74, 6) is 0. The van der Waals surface area contributed by atoms with Crippen LogP contribution in [0.3, 0.4) is 0 Å². The molecule has 70 valence electrons. The number of quaternary nitrogens is 1. The quantitative estimate of drug-likeness (QED) is 0.654. The van der Waals surface area contributed by atoms with Crippen LogP contribution in [0.2, 0.25) is 0 Å². The molecule has 0 amide bonds. The van der Waals surface area contributed by atoms with Gasteiger partial charge < -0.3 is 0 Å². The Morgan fingerprint density at radius 2 is 2.00 bits per heavy atom. The van der Waals surface area contributed by atoms with Crippen molar-refractivity contribution in [1.29, 1.82) is 0 Å². The van der Waals surface area contributed by atoms with Gasteiger partial charge in [0, 0.05) is 18.4 Å². The SMILES string of the molecule is C[N+]1(O)CCC[C@H]1c1ccccc1. The molecule has 1 saturated heterocycles. The van der Waals surface area contributed by atoms with Crippen LogP contribution in [-0.2, 0) is 0 Å². The van der Waals surface area contributed by atoms with Crippen molar-refractivity contribution in [3.63, 3.8) is 0 Å². The van der Waals surface area contributed by atoms with Gasteiger partial charge in [0.1, 0.15) is 12.6 Å². The van der Waals surface area contributed by atoms with Crippen molar-refractivity contribution in [3.8, 4) is 0 Å². The molecule has 13 heavy (non-hydrogen) atoms. The maximum atomic E-state index is 10.0. The van der Waals surface area contributed by atoms with Crippen molar-refractivity contribution < 1.29 is 9.85 Å². The minimum Gasteiger partial charge on any atom is -0.217 e. The van der Waals surface area contributed by atoms with Gasteiger partial charge in [-0.2, -0.15) is 4.65 Å². The average molecular weight is 178 g/mol. The van der Waals surface area contributed by atoms with Crippen LogP contribution in [0.4, 0.5) is 0 Å². The predicted molar refractivity (Wildman–Crippen MR) is 51.3 cm³/mol. The molecule has 2 rings (SSSR count). The molecule has 1 aliphatic rings. The summed E-state index contributed by atoms with van der Waals surface area (Å²) in [6, 6.07) is 10.6. The zero-order valence-corrected chi connectivity index (χ0v) is 7.98. The van der Waals surface area contributed by atoms with Crippen LogP contribution in [0.15, 0.2) is 30.3 Å². The highest BCUT2D eigenvalue weighted by atomic mass is 16.5. The summed E-state index contributed by atoms with van der Waals surface area (Å²) in [6.07, 6.45) is 2.21. The number of hydroxylamine groups is 3. The highest BCUT2D eigenvalue weighted by Crippen LogP contribution is 2.35. The molecule has 0 aromatic heterocycles. The highest BCUT2D eigenvalue weighted by Gasteiger charge is 2.38. The Hall–Kier alpha value is -0.860. The van der Waals surface area contributed by atoms with Crippen LogP contribution in [-0.4, -0.2) is 23.4 Å². The summed E-state index contributed by atoms with van der Waals surface area (Å²) in [7, 11) is 1.89. The Labute approximate surface area is 79.0 Å².